The van der Waals surface area contributed by atoms with Gasteiger partial charge in [-0.25, -0.2) is 9.98 Å². The second kappa shape index (κ2) is 15.5. The topological polar surface area (TPSA) is 59.8 Å². The van der Waals surface area contributed by atoms with Gasteiger partial charge in [0.15, 0.2) is 5.84 Å². The Morgan fingerprint density at radius 3 is 1.90 bits per heavy atom. The molecule has 15 rings (SSSR count). The molecule has 0 saturated carbocycles. The highest BCUT2D eigenvalue weighted by molar-refractivity contribution is 6.24. The molecule has 0 radical (unpaired) electrons. The zero-order chi connectivity index (χ0) is 46.6. The summed E-state index contributed by atoms with van der Waals surface area (Å²) < 4.78 is 11.7. The number of hydrogen-bond acceptors (Lipinski definition) is 4. The van der Waals surface area contributed by atoms with E-state index in [1.807, 2.05) is 0 Å². The fraction of sp³-hybridized carbons (Fsp3) is 0.0154. The molecule has 3 aromatic heterocycles. The lowest BCUT2D eigenvalue weighted by molar-refractivity contribution is 0.673. The lowest BCUT2D eigenvalue weighted by Crippen LogP contribution is -2.33. The van der Waals surface area contributed by atoms with Crippen LogP contribution in [0.4, 0.5) is 0 Å². The molecule has 1 aliphatic heterocycles. The van der Waals surface area contributed by atoms with Crippen molar-refractivity contribution in [2.45, 2.75) is 6.17 Å². The molecule has 14 aromatic rings. The van der Waals surface area contributed by atoms with Gasteiger partial charge in [-0.3, -0.25) is 0 Å². The van der Waals surface area contributed by atoms with Crippen LogP contribution in [0.25, 0.3) is 110 Å². The molecule has 4 heterocycles. The largest absolute Gasteiger partial charge is 0.455 e. The van der Waals surface area contributed by atoms with Crippen molar-refractivity contribution in [3.05, 3.63) is 253 Å². The number of furan rings is 1. The molecule has 1 N–H and O–H groups in total. The van der Waals surface area contributed by atoms with Crippen LogP contribution in [-0.4, -0.2) is 20.8 Å². The lowest BCUT2D eigenvalue weighted by atomic mass is 9.95. The van der Waals surface area contributed by atoms with Crippen LogP contribution in [0.1, 0.15) is 22.9 Å². The summed E-state index contributed by atoms with van der Waals surface area (Å²) in [5.41, 5.74) is 13.5. The van der Waals surface area contributed by atoms with Crippen LogP contribution < -0.4 is 5.32 Å². The van der Waals surface area contributed by atoms with E-state index in [1.54, 1.807) is 0 Å². The molecule has 332 valence electrons. The van der Waals surface area contributed by atoms with Gasteiger partial charge in [-0.05, 0) is 100 Å². The first-order chi connectivity index (χ1) is 35.2. The molecule has 0 aliphatic carbocycles. The van der Waals surface area contributed by atoms with E-state index in [0.29, 0.717) is 5.84 Å². The van der Waals surface area contributed by atoms with Gasteiger partial charge >= 0.3 is 0 Å². The molecule has 11 aromatic carbocycles. The van der Waals surface area contributed by atoms with Crippen LogP contribution in [0.15, 0.2) is 251 Å². The number of fused-ring (bicyclic) bond motifs is 12. The van der Waals surface area contributed by atoms with Gasteiger partial charge in [0, 0.05) is 60.1 Å². The third kappa shape index (κ3) is 6.08. The maximum absolute atomic E-state index is 6.85. The maximum atomic E-state index is 6.85. The first-order valence-corrected chi connectivity index (χ1v) is 24.2. The maximum Gasteiger partial charge on any atom is 0.159 e. The number of nitrogens with one attached hydrogen (secondary N) is 1. The molecule has 1 atom stereocenters. The van der Waals surface area contributed by atoms with Crippen LogP contribution in [0, 0.1) is 0 Å². The molecule has 71 heavy (non-hydrogen) atoms. The van der Waals surface area contributed by atoms with Crippen molar-refractivity contribution in [3.8, 4) is 22.5 Å². The Morgan fingerprint density at radius 1 is 0.408 bits per heavy atom. The fourth-order valence-corrected chi connectivity index (χ4v) is 11.4. The summed E-state index contributed by atoms with van der Waals surface area (Å²) in [6.07, 6.45) is -0.403. The van der Waals surface area contributed by atoms with Crippen molar-refractivity contribution in [1.29, 1.82) is 0 Å². The van der Waals surface area contributed by atoms with Crippen molar-refractivity contribution in [2.24, 2.45) is 9.98 Å². The molecule has 0 saturated heterocycles. The summed E-state index contributed by atoms with van der Waals surface area (Å²) >= 11 is 0. The first kappa shape index (κ1) is 39.5. The van der Waals surface area contributed by atoms with Crippen LogP contribution in [0.5, 0.6) is 0 Å². The van der Waals surface area contributed by atoms with E-state index in [4.69, 9.17) is 14.4 Å². The minimum Gasteiger partial charge on any atom is -0.455 e. The monoisotopic (exact) mass is 907 g/mol. The summed E-state index contributed by atoms with van der Waals surface area (Å²) in [7, 11) is 0. The number of rotatable bonds is 6. The van der Waals surface area contributed by atoms with E-state index in [9.17, 15) is 0 Å². The highest BCUT2D eigenvalue weighted by Crippen LogP contribution is 2.44. The molecule has 0 bridgehead atoms. The lowest BCUT2D eigenvalue weighted by Gasteiger charge is -2.24. The Labute approximate surface area is 407 Å². The van der Waals surface area contributed by atoms with Gasteiger partial charge in [-0.15, -0.1) is 0 Å². The van der Waals surface area contributed by atoms with E-state index in [1.165, 1.54) is 21.5 Å². The smallest absolute Gasteiger partial charge is 0.159 e. The van der Waals surface area contributed by atoms with Crippen molar-refractivity contribution >= 4 is 98.8 Å². The predicted octanol–water partition coefficient (Wildman–Crippen LogP) is 16.2. The van der Waals surface area contributed by atoms with Gasteiger partial charge in [0.1, 0.15) is 23.2 Å². The van der Waals surface area contributed by atoms with E-state index >= 15 is 0 Å². The van der Waals surface area contributed by atoms with Crippen LogP contribution in [0.3, 0.4) is 0 Å². The molecular weight excluding hydrogens is 867 g/mol. The average molecular weight is 908 g/mol. The van der Waals surface area contributed by atoms with Crippen LogP contribution >= 0.6 is 0 Å². The number of aromatic nitrogens is 2. The van der Waals surface area contributed by atoms with Gasteiger partial charge in [-0.1, -0.05) is 164 Å². The van der Waals surface area contributed by atoms with E-state index in [0.717, 1.165) is 111 Å². The Kier molecular flexibility index (Phi) is 8.62. The fourth-order valence-electron chi connectivity index (χ4n) is 11.4. The van der Waals surface area contributed by atoms with Crippen LogP contribution in [0.2, 0.25) is 0 Å². The van der Waals surface area contributed by atoms with Crippen molar-refractivity contribution in [1.82, 2.24) is 14.5 Å². The molecule has 0 fully saturated rings. The third-order valence-corrected chi connectivity index (χ3v) is 14.5. The Balaban J connectivity index is 1.01. The van der Waals surface area contributed by atoms with Gasteiger partial charge < -0.3 is 18.9 Å². The number of amidine groups is 2. The zero-order valence-corrected chi connectivity index (χ0v) is 38.3. The second-order valence-corrected chi connectivity index (χ2v) is 18.5. The summed E-state index contributed by atoms with van der Waals surface area (Å²) in [6.45, 7) is 0. The standard InChI is InChI=1S/C65H41N5O/c1-3-18-41(19-4-1)63-66-64(68-65(67-63)51-28-15-31-57-60(51)49-26-12-14-30-55(49)69(57)45-22-5-2-6-23-45)44-34-36-56(70-54-29-13-11-25-47(54)52-37-42-20-7-8-21-43(42)39-58(52)70)53(38-44)48-27-16-32-59-61(48)50-35-33-40-17-9-10-24-46(40)62(50)71-59/h1-39,63H,(H,66,67,68). The molecular formula is C65H41N5O. The summed E-state index contributed by atoms with van der Waals surface area (Å²) in [6, 6.07) is 84.5. The number of aliphatic imine (C=N–C) groups is 2. The normalized spacial score (nSPS) is 14.1. The number of nitrogens with zero attached hydrogens (tertiary/aromatic N) is 4. The molecule has 6 heteroatoms. The van der Waals surface area contributed by atoms with Gasteiger partial charge in [-0.2, -0.15) is 0 Å². The Bertz CT molecular complexity index is 4560. The highest BCUT2D eigenvalue weighted by atomic mass is 16.3. The third-order valence-electron chi connectivity index (χ3n) is 14.5. The minimum atomic E-state index is -0.403. The summed E-state index contributed by atoms with van der Waals surface area (Å²) in [5, 5.41) is 15.3. The Hall–Kier alpha value is -9.52. The minimum absolute atomic E-state index is 0.403. The van der Waals surface area contributed by atoms with Crippen molar-refractivity contribution < 1.29 is 4.42 Å². The van der Waals surface area contributed by atoms with Gasteiger partial charge in [0.05, 0.1) is 27.8 Å². The molecule has 0 amide bonds. The number of para-hydroxylation sites is 3. The Morgan fingerprint density at radius 2 is 1.07 bits per heavy atom. The molecule has 1 unspecified atom stereocenters. The number of hydrogen-bond donors (Lipinski definition) is 1. The van der Waals surface area contributed by atoms with Gasteiger partial charge in [0.25, 0.3) is 0 Å². The summed E-state index contributed by atoms with van der Waals surface area (Å²) in [4.78, 5) is 11.0. The predicted molar refractivity (Wildman–Crippen MR) is 295 cm³/mol. The second-order valence-electron chi connectivity index (χ2n) is 18.5. The van der Waals surface area contributed by atoms with Crippen molar-refractivity contribution in [3.63, 3.8) is 0 Å². The molecule has 6 nitrogen and oxygen atoms in total. The van der Waals surface area contributed by atoms with E-state index in [-0.39, 0.29) is 0 Å². The molecule has 1 aliphatic rings. The van der Waals surface area contributed by atoms with Crippen LogP contribution in [-0.2, 0) is 0 Å². The summed E-state index contributed by atoms with van der Waals surface area (Å²) in [5.74, 6) is 1.41. The van der Waals surface area contributed by atoms with Crippen molar-refractivity contribution in [2.75, 3.05) is 0 Å². The molecule has 0 spiro atoms. The zero-order valence-electron chi connectivity index (χ0n) is 38.3. The first-order valence-electron chi connectivity index (χ1n) is 24.2. The SMILES string of the molecule is c1ccc(C2N=C(c3ccc(-n4c5ccccc5c5cc6ccccc6cc54)c(-c4cccc5oc6c7ccccc7ccc6c45)c3)N=C(c3cccc4c3c3ccccc3n4-c3ccccc3)N2)cc1. The quantitative estimate of drug-likeness (QED) is 0.181. The van der Waals surface area contributed by atoms with E-state index in [2.05, 4.69) is 251 Å². The highest BCUT2D eigenvalue weighted by Gasteiger charge is 2.27. The number of benzene rings is 11. The van der Waals surface area contributed by atoms with E-state index < -0.39 is 6.17 Å². The average Bonchev–Trinajstić information content (AvgIpc) is 4.10. The van der Waals surface area contributed by atoms with Gasteiger partial charge in [0.2, 0.25) is 0 Å².